The van der Waals surface area contributed by atoms with Crippen molar-refractivity contribution in [1.29, 1.82) is 0 Å². The third-order valence-electron chi connectivity index (χ3n) is 2.28. The minimum Gasteiger partial charge on any atom is -0.394 e. The lowest BCUT2D eigenvalue weighted by atomic mass is 9.91. The lowest BCUT2D eigenvalue weighted by Crippen LogP contribution is -2.52. The number of hydrogen-bond acceptors (Lipinski definition) is 5. The molecule has 1 rings (SSSR count). The van der Waals surface area contributed by atoms with Crippen LogP contribution < -0.4 is 0 Å². The summed E-state index contributed by atoms with van der Waals surface area (Å²) in [5.41, 5.74) is 0. The van der Waals surface area contributed by atoms with E-state index in [-0.39, 0.29) is 22.6 Å². The van der Waals surface area contributed by atoms with Gasteiger partial charge in [-0.2, -0.15) is 0 Å². The van der Waals surface area contributed by atoms with E-state index >= 15 is 0 Å². The third kappa shape index (κ3) is 2.42. The van der Waals surface area contributed by atoms with E-state index in [0.29, 0.717) is 0 Å². The number of hydrogen-bond donors (Lipinski definition) is 3. The Morgan fingerprint density at radius 2 is 2.29 bits per heavy atom. The molecule has 0 aromatic carbocycles. The lowest BCUT2D eigenvalue weighted by molar-refractivity contribution is -0.200. The third-order valence-corrected chi connectivity index (χ3v) is 3.85. The topological polar surface area (TPSA) is 58.9 Å². The van der Waals surface area contributed by atoms with Crippen LogP contribution >= 0.6 is 35.5 Å². The minimum atomic E-state index is -0.943. The first-order valence-electron chi connectivity index (χ1n) is 4.17. The van der Waals surface area contributed by atoms with Crippen molar-refractivity contribution in [2.45, 2.75) is 22.4 Å². The first-order valence-corrected chi connectivity index (χ1v) is 5.78. The van der Waals surface area contributed by atoms with Crippen molar-refractivity contribution < 1.29 is 19.1 Å². The molecule has 1 aliphatic heterocycles. The molecule has 4 nitrogen and oxygen atoms in total. The molecule has 0 bridgehead atoms. The SMILES string of the molecule is C=C[C@@H]1C(CO)O[C@H](O)C(I)C1OS. The zero-order valence-electron chi connectivity index (χ0n) is 7.41. The largest absolute Gasteiger partial charge is 0.394 e. The van der Waals surface area contributed by atoms with Gasteiger partial charge in [-0.05, 0) is 12.9 Å². The Labute approximate surface area is 102 Å². The molecule has 2 N–H and O–H groups in total. The molecule has 0 aliphatic carbocycles. The molecule has 3 unspecified atom stereocenters. The van der Waals surface area contributed by atoms with Crippen LogP contribution in [-0.4, -0.2) is 39.2 Å². The summed E-state index contributed by atoms with van der Waals surface area (Å²) in [4.78, 5) is 0. The number of ether oxygens (including phenoxy) is 1. The summed E-state index contributed by atoms with van der Waals surface area (Å²) in [6, 6.07) is 0. The van der Waals surface area contributed by atoms with Crippen molar-refractivity contribution in [3.63, 3.8) is 0 Å². The molecule has 14 heavy (non-hydrogen) atoms. The van der Waals surface area contributed by atoms with E-state index in [1.54, 1.807) is 6.08 Å². The molecular formula is C8H13IO4S. The zero-order chi connectivity index (χ0) is 10.7. The first kappa shape index (κ1) is 12.7. The van der Waals surface area contributed by atoms with Gasteiger partial charge in [0.05, 0.1) is 22.7 Å². The monoisotopic (exact) mass is 332 g/mol. The van der Waals surface area contributed by atoms with E-state index in [1.165, 1.54) is 0 Å². The average molecular weight is 332 g/mol. The maximum absolute atomic E-state index is 9.50. The summed E-state index contributed by atoms with van der Waals surface area (Å²) in [6.45, 7) is 3.47. The summed E-state index contributed by atoms with van der Waals surface area (Å²) >= 11 is 5.79. The van der Waals surface area contributed by atoms with Gasteiger partial charge in [-0.3, -0.25) is 0 Å². The van der Waals surface area contributed by atoms with Crippen LogP contribution in [0.4, 0.5) is 0 Å². The molecule has 1 aliphatic rings. The smallest absolute Gasteiger partial charge is 0.169 e. The van der Waals surface area contributed by atoms with E-state index in [0.717, 1.165) is 0 Å². The molecule has 5 atom stereocenters. The van der Waals surface area contributed by atoms with Crippen molar-refractivity contribution in [2.75, 3.05) is 6.61 Å². The lowest BCUT2D eigenvalue weighted by Gasteiger charge is -2.40. The second-order valence-electron chi connectivity index (χ2n) is 3.08. The molecule has 6 heteroatoms. The first-order chi connectivity index (χ1) is 6.65. The molecule has 1 saturated heterocycles. The van der Waals surface area contributed by atoms with Gasteiger partial charge in [-0.1, -0.05) is 28.7 Å². The van der Waals surface area contributed by atoms with E-state index in [9.17, 15) is 5.11 Å². The standard InChI is InChI=1S/C8H13IO4S/c1-2-4-5(3-10)12-8(11)6(9)7(4)13-14/h2,4-8,10-11,14H,1,3H2/t4-,5?,6?,7?,8+/m1/s1. The molecule has 0 amide bonds. The van der Waals surface area contributed by atoms with Crippen LogP contribution in [0.25, 0.3) is 0 Å². The van der Waals surface area contributed by atoms with Gasteiger partial charge in [0.15, 0.2) is 6.29 Å². The van der Waals surface area contributed by atoms with Gasteiger partial charge in [-0.25, -0.2) is 0 Å². The summed E-state index contributed by atoms with van der Waals surface area (Å²) in [5, 5.41) is 18.5. The molecule has 0 radical (unpaired) electrons. The van der Waals surface area contributed by atoms with Crippen molar-refractivity contribution in [1.82, 2.24) is 0 Å². The normalized spacial score (nSPS) is 43.6. The van der Waals surface area contributed by atoms with Crippen LogP contribution in [0.2, 0.25) is 0 Å². The number of aliphatic hydroxyl groups is 2. The minimum absolute atomic E-state index is 0.164. The Balaban J connectivity index is 2.80. The molecule has 0 aromatic rings. The number of halogens is 1. The van der Waals surface area contributed by atoms with Crippen LogP contribution in [0.15, 0.2) is 12.7 Å². The molecule has 1 fully saturated rings. The number of thiol groups is 1. The second kappa shape index (κ2) is 5.66. The Morgan fingerprint density at radius 3 is 2.71 bits per heavy atom. The average Bonchev–Trinajstić information content (AvgIpc) is 2.20. The Morgan fingerprint density at radius 1 is 1.64 bits per heavy atom. The summed E-state index contributed by atoms with van der Waals surface area (Å²) in [5.74, 6) is -0.164. The molecule has 1 heterocycles. The van der Waals surface area contributed by atoms with Crippen molar-refractivity contribution in [3.8, 4) is 0 Å². The fourth-order valence-electron chi connectivity index (χ4n) is 1.51. The van der Waals surface area contributed by atoms with E-state index in [1.807, 2.05) is 22.6 Å². The van der Waals surface area contributed by atoms with Gasteiger partial charge in [0.1, 0.15) is 0 Å². The number of aliphatic hydroxyl groups excluding tert-OH is 2. The maximum Gasteiger partial charge on any atom is 0.169 e. The highest BCUT2D eigenvalue weighted by atomic mass is 127. The molecule has 0 saturated carbocycles. The van der Waals surface area contributed by atoms with Crippen LogP contribution in [0.3, 0.4) is 0 Å². The second-order valence-corrected chi connectivity index (χ2v) is 4.72. The molecule has 82 valence electrons. The van der Waals surface area contributed by atoms with Gasteiger partial charge >= 0.3 is 0 Å². The fraction of sp³-hybridized carbons (Fsp3) is 0.750. The summed E-state index contributed by atoms with van der Waals surface area (Å²) in [7, 11) is 0. The van der Waals surface area contributed by atoms with Crippen molar-refractivity contribution in [3.05, 3.63) is 12.7 Å². The predicted octanol–water partition coefficient (Wildman–Crippen LogP) is 0.532. The highest BCUT2D eigenvalue weighted by Gasteiger charge is 2.43. The Hall–Kier alpha value is 0.660. The van der Waals surface area contributed by atoms with Gasteiger partial charge < -0.3 is 19.1 Å². The van der Waals surface area contributed by atoms with Crippen molar-refractivity contribution in [2.24, 2.45) is 5.92 Å². The van der Waals surface area contributed by atoms with Crippen LogP contribution in [0, 0.1) is 5.92 Å². The van der Waals surface area contributed by atoms with Gasteiger partial charge in [-0.15, -0.1) is 6.58 Å². The van der Waals surface area contributed by atoms with Gasteiger partial charge in [0.25, 0.3) is 0 Å². The van der Waals surface area contributed by atoms with E-state index in [2.05, 4.69) is 19.5 Å². The number of alkyl halides is 1. The molecule has 0 spiro atoms. The Kier molecular flexibility index (Phi) is 5.15. The van der Waals surface area contributed by atoms with E-state index in [4.69, 9.17) is 14.0 Å². The summed E-state index contributed by atoms with van der Waals surface area (Å²) < 4.78 is 9.94. The van der Waals surface area contributed by atoms with E-state index < -0.39 is 12.4 Å². The maximum atomic E-state index is 9.50. The highest BCUT2D eigenvalue weighted by molar-refractivity contribution is 14.1. The van der Waals surface area contributed by atoms with Crippen LogP contribution in [0.1, 0.15) is 0 Å². The van der Waals surface area contributed by atoms with Gasteiger partial charge in [0.2, 0.25) is 0 Å². The van der Waals surface area contributed by atoms with Crippen LogP contribution in [-0.2, 0) is 8.92 Å². The summed E-state index contributed by atoms with van der Waals surface area (Å²) in [6.07, 6.45) is -0.0802. The Bertz CT molecular complexity index is 204. The predicted molar refractivity (Wildman–Crippen MR) is 63.3 cm³/mol. The van der Waals surface area contributed by atoms with Gasteiger partial charge in [0, 0.05) is 5.92 Å². The van der Waals surface area contributed by atoms with Crippen molar-refractivity contribution >= 4 is 35.5 Å². The molecular weight excluding hydrogens is 319 g/mol. The molecule has 0 aromatic heterocycles. The number of rotatable bonds is 3. The zero-order valence-corrected chi connectivity index (χ0v) is 10.5. The highest BCUT2D eigenvalue weighted by Crippen LogP contribution is 2.33. The fourth-order valence-corrected chi connectivity index (χ4v) is 2.81. The quantitative estimate of drug-likeness (QED) is 0.232. The van der Waals surface area contributed by atoms with Crippen LogP contribution in [0.5, 0.6) is 0 Å².